The van der Waals surface area contributed by atoms with Crippen LogP contribution in [0.4, 0.5) is 0 Å². The standard InChI is InChI=1S/C47H76O17.CH4/c1-22-30(50)33(53)35(55)38(60-22)64-37-32(52)26(62-39-36(56)34(54)31(51)25(19-48)61-39)20-59-40(37)63-29-11-12-43(4)27(44(29,5)21-49)10-13-46(7)28(43)9-8-23-24-18-42(2,3)14-16-47(24,41(57)58)17-15-45(23,46)6;/h8,22,24-40,48-56H,9-21H2,1-7H3,(H,57,58);1H4/t22?,24?,25?,26?,27?,28?,29-,30?,31?,32?,33?,34?,35?,36?,37?,38?,39?,40?,43-,44-,45+,46+,47-;/m0./s1. The minimum atomic E-state index is -1.77. The van der Waals surface area contributed by atoms with E-state index in [1.54, 1.807) is 0 Å². The van der Waals surface area contributed by atoms with Crippen molar-refractivity contribution in [2.45, 2.75) is 212 Å². The summed E-state index contributed by atoms with van der Waals surface area (Å²) in [6, 6.07) is 0. The molecule has 5 aliphatic carbocycles. The topological polar surface area (TPSA) is 275 Å². The number of fused-ring (bicyclic) bond motifs is 7. The summed E-state index contributed by atoms with van der Waals surface area (Å²) in [5.41, 5.74) is -0.704. The van der Waals surface area contributed by atoms with E-state index in [1.165, 1.54) is 12.5 Å². The number of aliphatic carboxylic acids is 1. The molecule has 0 aromatic rings. The smallest absolute Gasteiger partial charge is 0.310 e. The molecule has 0 aromatic carbocycles. The van der Waals surface area contributed by atoms with Gasteiger partial charge in [0.25, 0.3) is 0 Å². The highest BCUT2D eigenvalue weighted by Crippen LogP contribution is 2.76. The second-order valence-corrected chi connectivity index (χ2v) is 22.9. The molecule has 374 valence electrons. The molecule has 0 bridgehead atoms. The van der Waals surface area contributed by atoms with E-state index in [0.717, 1.165) is 44.9 Å². The maximum atomic E-state index is 13.1. The van der Waals surface area contributed by atoms with Gasteiger partial charge in [0.15, 0.2) is 18.9 Å². The van der Waals surface area contributed by atoms with E-state index >= 15 is 0 Å². The normalized spacial score (nSPS) is 54.1. The van der Waals surface area contributed by atoms with Crippen molar-refractivity contribution in [3.63, 3.8) is 0 Å². The van der Waals surface area contributed by atoms with Crippen LogP contribution < -0.4 is 0 Å². The molecule has 0 spiro atoms. The van der Waals surface area contributed by atoms with E-state index in [4.69, 9.17) is 28.4 Å². The van der Waals surface area contributed by atoms with Crippen LogP contribution in [0.2, 0.25) is 0 Å². The quantitative estimate of drug-likeness (QED) is 0.117. The number of rotatable bonds is 9. The largest absolute Gasteiger partial charge is 0.481 e. The fourth-order valence-corrected chi connectivity index (χ4v) is 14.8. The number of carbonyl (C=O) groups is 1. The first-order chi connectivity index (χ1) is 29.9. The number of aliphatic hydroxyl groups is 9. The Labute approximate surface area is 383 Å². The van der Waals surface area contributed by atoms with Gasteiger partial charge in [0.05, 0.1) is 37.4 Å². The molecular formula is C48H80O17. The molecule has 3 heterocycles. The molecule has 17 nitrogen and oxygen atoms in total. The van der Waals surface area contributed by atoms with Crippen molar-refractivity contribution in [1.82, 2.24) is 0 Å². The van der Waals surface area contributed by atoms with Crippen LogP contribution in [0.25, 0.3) is 0 Å². The van der Waals surface area contributed by atoms with E-state index in [9.17, 15) is 55.9 Å². The third-order valence-electron chi connectivity index (χ3n) is 19.1. The molecule has 23 atom stereocenters. The number of ether oxygens (including phenoxy) is 6. The van der Waals surface area contributed by atoms with Gasteiger partial charge in [0, 0.05) is 5.41 Å². The summed E-state index contributed by atoms with van der Waals surface area (Å²) in [7, 11) is 0. The van der Waals surface area contributed by atoms with Crippen LogP contribution in [0.5, 0.6) is 0 Å². The van der Waals surface area contributed by atoms with Gasteiger partial charge < -0.3 is 79.5 Å². The molecule has 0 amide bonds. The zero-order valence-corrected chi connectivity index (χ0v) is 38.5. The Morgan fingerprint density at radius 2 is 1.37 bits per heavy atom. The molecular weight excluding hydrogens is 849 g/mol. The molecule has 10 N–H and O–H groups in total. The van der Waals surface area contributed by atoms with Crippen LogP contribution in [0.3, 0.4) is 0 Å². The summed E-state index contributed by atoms with van der Waals surface area (Å²) in [5, 5.41) is 108. The lowest BCUT2D eigenvalue weighted by Gasteiger charge is -2.71. The van der Waals surface area contributed by atoms with Crippen molar-refractivity contribution in [3.05, 3.63) is 11.6 Å². The van der Waals surface area contributed by atoms with Gasteiger partial charge in [0.2, 0.25) is 0 Å². The van der Waals surface area contributed by atoms with Gasteiger partial charge in [-0.3, -0.25) is 4.79 Å². The Balaban J connectivity index is 0.00000630. The number of carboxylic acid groups (broad SMARTS) is 1. The fourth-order valence-electron chi connectivity index (χ4n) is 14.8. The molecule has 0 radical (unpaired) electrons. The SMILES string of the molecule is C.CC1OC(OC2C(O[C@H]3CC[C@@]4(C)C(CC[C@]5(C)C4CC=C4C6CC(C)(C)CC[C@]6(C(=O)O)CC[C@]45C)[C@]3(C)CO)OCC(OC3OC(CO)C(O)C(O)C3O)C2O)C(O)C(O)C1O. The number of aliphatic hydroxyl groups excluding tert-OH is 9. The summed E-state index contributed by atoms with van der Waals surface area (Å²) in [4.78, 5) is 13.1. The minimum Gasteiger partial charge on any atom is -0.481 e. The van der Waals surface area contributed by atoms with Crippen LogP contribution >= 0.6 is 0 Å². The highest BCUT2D eigenvalue weighted by Gasteiger charge is 2.70. The summed E-state index contributed by atoms with van der Waals surface area (Å²) >= 11 is 0. The van der Waals surface area contributed by atoms with Crippen LogP contribution in [-0.2, 0) is 33.2 Å². The van der Waals surface area contributed by atoms with Gasteiger partial charge in [0.1, 0.15) is 61.0 Å². The third-order valence-corrected chi connectivity index (χ3v) is 19.1. The van der Waals surface area contributed by atoms with Crippen molar-refractivity contribution < 1.29 is 84.3 Å². The van der Waals surface area contributed by atoms with Crippen molar-refractivity contribution >= 4 is 5.97 Å². The van der Waals surface area contributed by atoms with Crippen LogP contribution in [0, 0.1) is 50.2 Å². The Hall–Kier alpha value is -1.39. The molecule has 0 aromatic heterocycles. The van der Waals surface area contributed by atoms with Gasteiger partial charge in [-0.25, -0.2) is 0 Å². The summed E-state index contributed by atoms with van der Waals surface area (Å²) in [5.74, 6) is -0.441. The van der Waals surface area contributed by atoms with Crippen molar-refractivity contribution in [1.29, 1.82) is 0 Å². The average molecular weight is 929 g/mol. The van der Waals surface area contributed by atoms with E-state index in [0.29, 0.717) is 19.3 Å². The zero-order valence-electron chi connectivity index (χ0n) is 38.5. The Morgan fingerprint density at radius 3 is 2.02 bits per heavy atom. The molecule has 8 rings (SSSR count). The number of hydrogen-bond acceptors (Lipinski definition) is 16. The van der Waals surface area contributed by atoms with E-state index in [-0.39, 0.29) is 60.1 Å². The number of allylic oxidation sites excluding steroid dienone is 2. The van der Waals surface area contributed by atoms with Gasteiger partial charge in [-0.15, -0.1) is 0 Å². The lowest BCUT2D eigenvalue weighted by molar-refractivity contribution is -0.381. The first-order valence-electron chi connectivity index (χ1n) is 23.7. The first-order valence-corrected chi connectivity index (χ1v) is 23.7. The van der Waals surface area contributed by atoms with Gasteiger partial charge in [-0.1, -0.05) is 60.6 Å². The molecule has 4 saturated carbocycles. The molecule has 3 saturated heterocycles. The lowest BCUT2D eigenvalue weighted by Crippen LogP contribution is -2.67. The maximum absolute atomic E-state index is 13.1. The second-order valence-electron chi connectivity index (χ2n) is 22.9. The lowest BCUT2D eigenvalue weighted by atomic mass is 9.33. The van der Waals surface area contributed by atoms with Crippen molar-refractivity contribution in [2.24, 2.45) is 50.2 Å². The predicted molar refractivity (Wildman–Crippen MR) is 231 cm³/mol. The summed E-state index contributed by atoms with van der Waals surface area (Å²) < 4.78 is 36.5. The van der Waals surface area contributed by atoms with E-state index in [2.05, 4.69) is 40.7 Å². The first kappa shape index (κ1) is 51.5. The van der Waals surface area contributed by atoms with Crippen LogP contribution in [0.1, 0.15) is 120 Å². The molecule has 3 aliphatic heterocycles. The van der Waals surface area contributed by atoms with E-state index < -0.39 is 116 Å². The van der Waals surface area contributed by atoms with Gasteiger partial charge in [-0.05, 0) is 111 Å². The Morgan fingerprint density at radius 1 is 0.723 bits per heavy atom. The Kier molecular flexibility index (Phi) is 14.3. The molecule has 8 aliphatic rings. The Bertz CT molecular complexity index is 1750. The van der Waals surface area contributed by atoms with Crippen molar-refractivity contribution in [3.8, 4) is 0 Å². The van der Waals surface area contributed by atoms with Gasteiger partial charge >= 0.3 is 5.97 Å². The highest BCUT2D eigenvalue weighted by atomic mass is 16.8. The van der Waals surface area contributed by atoms with Crippen LogP contribution in [-0.4, -0.2) is 169 Å². The zero-order chi connectivity index (χ0) is 46.7. The summed E-state index contributed by atoms with van der Waals surface area (Å²) in [6.07, 6.45) is -11.7. The second kappa shape index (κ2) is 18.1. The highest BCUT2D eigenvalue weighted by molar-refractivity contribution is 5.76. The average Bonchev–Trinajstić information content (AvgIpc) is 3.24. The predicted octanol–water partition coefficient (Wildman–Crippen LogP) is 1.98. The monoisotopic (exact) mass is 929 g/mol. The molecule has 65 heavy (non-hydrogen) atoms. The van der Waals surface area contributed by atoms with Gasteiger partial charge in [-0.2, -0.15) is 0 Å². The number of hydrogen-bond donors (Lipinski definition) is 10. The maximum Gasteiger partial charge on any atom is 0.310 e. The molecule has 17 heteroatoms. The minimum absolute atomic E-state index is 0. The molecule has 7 fully saturated rings. The van der Waals surface area contributed by atoms with Crippen LogP contribution in [0.15, 0.2) is 11.6 Å². The number of carboxylic acids is 1. The van der Waals surface area contributed by atoms with E-state index in [1.807, 2.05) is 6.92 Å². The summed E-state index contributed by atoms with van der Waals surface area (Å²) in [6.45, 7) is 14.0. The third kappa shape index (κ3) is 8.00. The molecule has 17 unspecified atom stereocenters. The fraction of sp³-hybridized carbons (Fsp3) is 0.938. The van der Waals surface area contributed by atoms with Crippen molar-refractivity contribution in [2.75, 3.05) is 19.8 Å².